The van der Waals surface area contributed by atoms with Gasteiger partial charge >= 0.3 is 0 Å². The van der Waals surface area contributed by atoms with E-state index in [-0.39, 0.29) is 65.3 Å². The fourth-order valence-electron chi connectivity index (χ4n) is 9.53. The van der Waals surface area contributed by atoms with Crippen molar-refractivity contribution < 1.29 is 28.8 Å². The normalized spacial score (nSPS) is 22.8. The van der Waals surface area contributed by atoms with Crippen molar-refractivity contribution >= 4 is 35.4 Å². The third-order valence-electron chi connectivity index (χ3n) is 13.5. The van der Waals surface area contributed by atoms with Gasteiger partial charge in [-0.25, -0.2) is 0 Å². The Bertz CT molecular complexity index is 1810. The van der Waals surface area contributed by atoms with E-state index in [4.69, 9.17) is 0 Å². The molecule has 5 N–H and O–H groups in total. The summed E-state index contributed by atoms with van der Waals surface area (Å²) in [6, 6.07) is 9.12. The van der Waals surface area contributed by atoms with Crippen molar-refractivity contribution in [3.8, 4) is 11.1 Å². The number of fused-ring (bicyclic) bond motifs is 2. The number of hydrogen-bond donors (Lipinski definition) is 5. The van der Waals surface area contributed by atoms with Gasteiger partial charge in [-0.2, -0.15) is 0 Å². The number of likely N-dealkylation sites (tertiary alicyclic amines) is 2. The van der Waals surface area contributed by atoms with Crippen LogP contribution in [0.5, 0.6) is 0 Å². The van der Waals surface area contributed by atoms with E-state index in [1.807, 2.05) is 53.7 Å². The third-order valence-corrected chi connectivity index (χ3v) is 13.5. The van der Waals surface area contributed by atoms with Crippen LogP contribution in [-0.2, 0) is 41.6 Å². The first-order valence-electron chi connectivity index (χ1n) is 22.4. The summed E-state index contributed by atoms with van der Waals surface area (Å²) in [4.78, 5) is 84.4. The Morgan fingerprint density at radius 3 is 1.47 bits per heavy atom. The zero-order valence-electron chi connectivity index (χ0n) is 36.9. The van der Waals surface area contributed by atoms with Gasteiger partial charge in [0, 0.05) is 19.0 Å². The molecule has 13 nitrogen and oxygen atoms in total. The van der Waals surface area contributed by atoms with E-state index >= 15 is 0 Å². The SMILES string of the molecule is CC[C@@H](C)C(=O)N[C@H](C(=O)N1CCC[C@H]1C(=O)N[C@@H]1CCc2c(-c3cccc4c3CC[C@H]4NC(=O)[C@@H]3CCCN3C(=O)[C@@H](NC(=O)[C@H](C)NC)C(C)C)cccc21)C(C)C. The van der Waals surface area contributed by atoms with E-state index in [2.05, 4.69) is 50.8 Å². The average molecular weight is 826 g/mol. The number of likely N-dealkylation sites (N-methyl/N-ethyl adjacent to an activating group) is 1. The molecule has 0 spiro atoms. The minimum Gasteiger partial charge on any atom is -0.347 e. The zero-order chi connectivity index (χ0) is 43.4. The zero-order valence-corrected chi connectivity index (χ0v) is 36.9. The second-order valence-electron chi connectivity index (χ2n) is 18.1. The lowest BCUT2D eigenvalue weighted by atomic mass is 9.91. The number of carbonyl (C=O) groups is 6. The monoisotopic (exact) mass is 826 g/mol. The first-order valence-corrected chi connectivity index (χ1v) is 22.4. The highest BCUT2D eigenvalue weighted by Gasteiger charge is 2.42. The second-order valence-corrected chi connectivity index (χ2v) is 18.1. The number of rotatable bonds is 15. The van der Waals surface area contributed by atoms with Crippen molar-refractivity contribution in [1.82, 2.24) is 36.4 Å². The lowest BCUT2D eigenvalue weighted by Crippen LogP contribution is -2.57. The predicted octanol–water partition coefficient (Wildman–Crippen LogP) is 4.48. The number of nitrogens with one attached hydrogen (secondary N) is 5. The highest BCUT2D eigenvalue weighted by atomic mass is 16.2. The summed E-state index contributed by atoms with van der Waals surface area (Å²) in [7, 11) is 1.70. The molecule has 13 heteroatoms. The summed E-state index contributed by atoms with van der Waals surface area (Å²) in [5.74, 6) is -1.61. The minimum atomic E-state index is -0.726. The standard InChI is InChI=1S/C47H67N7O6/c1-9-28(6)42(55)51-40(26(2)3)46(59)53-24-12-18-38(53)44(57)49-36-22-20-32-30(14-10-16-34(32)36)31-15-11-17-35-33(31)21-23-37(35)50-45(58)39-19-13-25-54(39)47(60)41(27(4)5)52-43(56)29(7)48-8/h10-11,14-17,26-29,36-41,48H,9,12-13,18-25H2,1-8H3,(H,49,57)(H,50,58)(H,51,55)(H,52,56)/t28-,29+,36-,37-,38+,39+,40+,41+/m1/s1. The van der Waals surface area contributed by atoms with E-state index in [1.165, 1.54) is 11.1 Å². The maximum atomic E-state index is 14.0. The Labute approximate surface area is 355 Å². The fraction of sp³-hybridized carbons (Fsp3) is 0.617. The van der Waals surface area contributed by atoms with Crippen LogP contribution >= 0.6 is 0 Å². The Balaban J connectivity index is 1.14. The number of benzene rings is 2. The van der Waals surface area contributed by atoms with Crippen molar-refractivity contribution in [2.45, 2.75) is 149 Å². The van der Waals surface area contributed by atoms with Crippen LogP contribution in [0, 0.1) is 17.8 Å². The van der Waals surface area contributed by atoms with Gasteiger partial charge in [-0.3, -0.25) is 28.8 Å². The van der Waals surface area contributed by atoms with Gasteiger partial charge in [0.15, 0.2) is 0 Å². The van der Waals surface area contributed by atoms with Crippen LogP contribution in [0.25, 0.3) is 11.1 Å². The molecule has 0 unspecified atom stereocenters. The van der Waals surface area contributed by atoms with Crippen molar-refractivity contribution in [1.29, 1.82) is 0 Å². The molecule has 6 amide bonds. The summed E-state index contributed by atoms with van der Waals surface area (Å²) in [6.45, 7) is 14.1. The number of hydrogen-bond acceptors (Lipinski definition) is 7. The predicted molar refractivity (Wildman–Crippen MR) is 231 cm³/mol. The van der Waals surface area contributed by atoms with Crippen LogP contribution in [-0.4, -0.2) is 95.6 Å². The quantitative estimate of drug-likeness (QED) is 0.177. The van der Waals surface area contributed by atoms with Crippen LogP contribution in [0.15, 0.2) is 36.4 Å². The molecule has 2 aliphatic heterocycles. The summed E-state index contributed by atoms with van der Waals surface area (Å²) in [5, 5.41) is 15.4. The highest BCUT2D eigenvalue weighted by molar-refractivity contribution is 5.95. The largest absolute Gasteiger partial charge is 0.347 e. The molecule has 8 atom stereocenters. The van der Waals surface area contributed by atoms with Gasteiger partial charge in [-0.05, 0) is 117 Å². The first-order chi connectivity index (χ1) is 28.7. The Kier molecular flexibility index (Phi) is 14.4. The van der Waals surface area contributed by atoms with Crippen molar-refractivity contribution in [3.63, 3.8) is 0 Å². The molecule has 326 valence electrons. The van der Waals surface area contributed by atoms with E-state index in [0.29, 0.717) is 32.4 Å². The number of nitrogens with zero attached hydrogens (tertiary/aromatic N) is 2. The van der Waals surface area contributed by atoms with Gasteiger partial charge in [-0.15, -0.1) is 0 Å². The molecule has 2 heterocycles. The lowest BCUT2D eigenvalue weighted by molar-refractivity contribution is -0.143. The maximum Gasteiger partial charge on any atom is 0.246 e. The molecular formula is C47H67N7O6. The van der Waals surface area contributed by atoms with Crippen LogP contribution in [0.3, 0.4) is 0 Å². The molecule has 4 aliphatic rings. The van der Waals surface area contributed by atoms with Crippen LogP contribution < -0.4 is 26.6 Å². The lowest BCUT2D eigenvalue weighted by Gasteiger charge is -2.31. The Hall–Kier alpha value is -4.78. The van der Waals surface area contributed by atoms with E-state index in [0.717, 1.165) is 60.8 Å². The van der Waals surface area contributed by atoms with E-state index < -0.39 is 30.2 Å². The van der Waals surface area contributed by atoms with Crippen molar-refractivity contribution in [3.05, 3.63) is 58.7 Å². The van der Waals surface area contributed by atoms with Gasteiger partial charge in [0.1, 0.15) is 24.2 Å². The van der Waals surface area contributed by atoms with Gasteiger partial charge in [0.25, 0.3) is 0 Å². The molecule has 60 heavy (non-hydrogen) atoms. The summed E-state index contributed by atoms with van der Waals surface area (Å²) in [6.07, 6.45) is 6.36. The number of carbonyl (C=O) groups excluding carboxylic acids is 6. The highest BCUT2D eigenvalue weighted by Crippen LogP contribution is 2.43. The molecular weight excluding hydrogens is 759 g/mol. The molecule has 6 rings (SSSR count). The van der Waals surface area contributed by atoms with Gasteiger partial charge in [-0.1, -0.05) is 77.9 Å². The van der Waals surface area contributed by atoms with Gasteiger partial charge in [0.2, 0.25) is 35.4 Å². The van der Waals surface area contributed by atoms with E-state index in [9.17, 15) is 28.8 Å². The van der Waals surface area contributed by atoms with Crippen molar-refractivity contribution in [2.24, 2.45) is 17.8 Å². The van der Waals surface area contributed by atoms with Gasteiger partial charge < -0.3 is 36.4 Å². The summed E-state index contributed by atoms with van der Waals surface area (Å²) in [5.41, 5.74) is 6.82. The van der Waals surface area contributed by atoms with Crippen LogP contribution in [0.1, 0.15) is 128 Å². The molecule has 0 bridgehead atoms. The van der Waals surface area contributed by atoms with Crippen LogP contribution in [0.2, 0.25) is 0 Å². The Morgan fingerprint density at radius 1 is 0.633 bits per heavy atom. The topological polar surface area (TPSA) is 169 Å². The van der Waals surface area contributed by atoms with E-state index in [1.54, 1.807) is 23.8 Å². The second kappa shape index (κ2) is 19.3. The average Bonchev–Trinajstić information content (AvgIpc) is 4.07. The molecule has 2 aromatic carbocycles. The Morgan fingerprint density at radius 2 is 1.07 bits per heavy atom. The fourth-order valence-corrected chi connectivity index (χ4v) is 9.53. The van der Waals surface area contributed by atoms with Gasteiger partial charge in [0.05, 0.1) is 18.1 Å². The summed E-state index contributed by atoms with van der Waals surface area (Å²) >= 11 is 0. The molecule has 0 aromatic heterocycles. The molecule has 0 radical (unpaired) electrons. The maximum absolute atomic E-state index is 14.0. The number of amides is 6. The summed E-state index contributed by atoms with van der Waals surface area (Å²) < 4.78 is 0. The molecule has 2 aromatic rings. The van der Waals surface area contributed by atoms with Crippen LogP contribution in [0.4, 0.5) is 0 Å². The molecule has 2 fully saturated rings. The molecule has 2 aliphatic carbocycles. The molecule has 0 saturated carbocycles. The minimum absolute atomic E-state index is 0.119. The molecule has 2 saturated heterocycles. The smallest absolute Gasteiger partial charge is 0.246 e. The van der Waals surface area contributed by atoms with Crippen molar-refractivity contribution in [2.75, 3.05) is 20.1 Å². The third kappa shape index (κ3) is 9.26. The first kappa shape index (κ1) is 44.8.